The van der Waals surface area contributed by atoms with Gasteiger partial charge in [0.2, 0.25) is 0 Å². The van der Waals surface area contributed by atoms with Crippen LogP contribution < -0.4 is 5.32 Å². The normalized spacial score (nSPS) is 30.1. The SMILES string of the molecule is CCC1(C(=O)O)C(CSc2ccccn2)NC(CF)C(C)(C(=O)O)C1c1ccccc1Cl. The number of pyridine rings is 1. The number of hydrogen-bond acceptors (Lipinski definition) is 5. The van der Waals surface area contributed by atoms with Crippen LogP contribution in [0, 0.1) is 10.8 Å². The molecule has 9 heteroatoms. The molecule has 0 aliphatic carbocycles. The molecule has 0 saturated carbocycles. The Morgan fingerprint density at radius 3 is 2.38 bits per heavy atom. The summed E-state index contributed by atoms with van der Waals surface area (Å²) in [5, 5.41) is 24.8. The molecule has 32 heavy (non-hydrogen) atoms. The first-order chi connectivity index (χ1) is 15.2. The predicted octanol–water partition coefficient (Wildman–Crippen LogP) is 4.49. The lowest BCUT2D eigenvalue weighted by Gasteiger charge is -2.57. The molecule has 3 N–H and O–H groups in total. The summed E-state index contributed by atoms with van der Waals surface area (Å²) < 4.78 is 14.3. The molecule has 172 valence electrons. The van der Waals surface area contributed by atoms with Gasteiger partial charge in [-0.2, -0.15) is 0 Å². The summed E-state index contributed by atoms with van der Waals surface area (Å²) in [5.74, 6) is -3.22. The molecule has 1 aromatic carbocycles. The zero-order chi connectivity index (χ0) is 23.5. The summed E-state index contributed by atoms with van der Waals surface area (Å²) in [5.41, 5.74) is -2.90. The molecule has 2 aromatic rings. The maximum atomic E-state index is 14.3. The van der Waals surface area contributed by atoms with Gasteiger partial charge >= 0.3 is 11.9 Å². The van der Waals surface area contributed by atoms with Crippen LogP contribution in [0.2, 0.25) is 5.02 Å². The molecule has 0 spiro atoms. The van der Waals surface area contributed by atoms with Gasteiger partial charge in [-0.05, 0) is 37.1 Å². The van der Waals surface area contributed by atoms with Crippen molar-refractivity contribution in [1.82, 2.24) is 10.3 Å². The third-order valence-corrected chi connectivity index (χ3v) is 8.09. The van der Waals surface area contributed by atoms with Crippen molar-refractivity contribution in [3.63, 3.8) is 0 Å². The van der Waals surface area contributed by atoms with Gasteiger partial charge < -0.3 is 15.5 Å². The molecular weight excluding hydrogens is 455 g/mol. The number of nitrogens with one attached hydrogen (secondary N) is 1. The topological polar surface area (TPSA) is 99.5 Å². The Morgan fingerprint density at radius 2 is 1.84 bits per heavy atom. The molecule has 1 aliphatic heterocycles. The van der Waals surface area contributed by atoms with Crippen molar-refractivity contribution in [2.45, 2.75) is 43.3 Å². The van der Waals surface area contributed by atoms with E-state index >= 15 is 0 Å². The molecule has 1 aliphatic rings. The van der Waals surface area contributed by atoms with Crippen LogP contribution >= 0.6 is 23.4 Å². The predicted molar refractivity (Wildman–Crippen MR) is 122 cm³/mol. The molecule has 2 heterocycles. The fraction of sp³-hybridized carbons (Fsp3) is 0.435. The molecule has 0 amide bonds. The van der Waals surface area contributed by atoms with Gasteiger partial charge in [-0.25, -0.2) is 9.37 Å². The third kappa shape index (κ3) is 4.00. The summed E-state index contributed by atoms with van der Waals surface area (Å²) in [4.78, 5) is 29.8. The summed E-state index contributed by atoms with van der Waals surface area (Å²) in [6, 6.07) is 10.2. The van der Waals surface area contributed by atoms with E-state index in [4.69, 9.17) is 11.6 Å². The molecule has 1 saturated heterocycles. The molecule has 1 fully saturated rings. The zero-order valence-electron chi connectivity index (χ0n) is 17.8. The Morgan fingerprint density at radius 1 is 1.16 bits per heavy atom. The van der Waals surface area contributed by atoms with Gasteiger partial charge in [0.25, 0.3) is 0 Å². The van der Waals surface area contributed by atoms with E-state index < -0.39 is 47.4 Å². The number of benzene rings is 1. The van der Waals surface area contributed by atoms with Gasteiger partial charge in [-0.1, -0.05) is 42.8 Å². The van der Waals surface area contributed by atoms with Crippen molar-refractivity contribution < 1.29 is 24.2 Å². The van der Waals surface area contributed by atoms with E-state index in [-0.39, 0.29) is 17.2 Å². The monoisotopic (exact) mass is 480 g/mol. The van der Waals surface area contributed by atoms with Crippen LogP contribution in [0.15, 0.2) is 53.7 Å². The van der Waals surface area contributed by atoms with Gasteiger partial charge in [0.05, 0.1) is 21.9 Å². The molecule has 0 radical (unpaired) electrons. The number of halogens is 2. The number of alkyl halides is 1. The maximum absolute atomic E-state index is 14.3. The molecule has 6 nitrogen and oxygen atoms in total. The van der Waals surface area contributed by atoms with Crippen LogP contribution in [-0.4, -0.2) is 51.6 Å². The van der Waals surface area contributed by atoms with Gasteiger partial charge in [0.15, 0.2) is 0 Å². The average molecular weight is 481 g/mol. The van der Waals surface area contributed by atoms with Gasteiger partial charge in [-0.3, -0.25) is 9.59 Å². The highest BCUT2D eigenvalue weighted by Gasteiger charge is 2.66. The Kier molecular flexibility index (Phi) is 7.47. The van der Waals surface area contributed by atoms with Crippen molar-refractivity contribution in [1.29, 1.82) is 0 Å². The minimum absolute atomic E-state index is 0.126. The molecule has 3 rings (SSSR count). The lowest BCUT2D eigenvalue weighted by Crippen LogP contribution is -2.71. The van der Waals surface area contributed by atoms with Crippen LogP contribution in [-0.2, 0) is 9.59 Å². The number of piperidine rings is 1. The molecular formula is C23H26ClFN2O4S. The van der Waals surface area contributed by atoms with Crippen LogP contribution in [0.1, 0.15) is 31.7 Å². The van der Waals surface area contributed by atoms with Crippen molar-refractivity contribution in [3.8, 4) is 0 Å². The molecule has 0 bridgehead atoms. The number of carboxylic acids is 2. The minimum atomic E-state index is -1.75. The second-order valence-corrected chi connectivity index (χ2v) is 9.59. The number of carbonyl (C=O) groups is 2. The molecule has 1 aromatic heterocycles. The number of hydrogen-bond donors (Lipinski definition) is 3. The molecule has 5 atom stereocenters. The van der Waals surface area contributed by atoms with E-state index in [1.807, 2.05) is 6.07 Å². The van der Waals surface area contributed by atoms with Gasteiger partial charge in [0.1, 0.15) is 6.67 Å². The van der Waals surface area contributed by atoms with Crippen molar-refractivity contribution in [3.05, 3.63) is 59.2 Å². The van der Waals surface area contributed by atoms with Crippen LogP contribution in [0.4, 0.5) is 4.39 Å². The van der Waals surface area contributed by atoms with Crippen LogP contribution in [0.5, 0.6) is 0 Å². The lowest BCUT2D eigenvalue weighted by atomic mass is 9.51. The van der Waals surface area contributed by atoms with E-state index in [1.54, 1.807) is 49.5 Å². The Hall–Kier alpha value is -2.16. The summed E-state index contributed by atoms with van der Waals surface area (Å²) in [7, 11) is 0. The van der Waals surface area contributed by atoms with Crippen molar-refractivity contribution in [2.24, 2.45) is 10.8 Å². The number of rotatable bonds is 8. The fourth-order valence-corrected chi connectivity index (χ4v) is 6.25. The van der Waals surface area contributed by atoms with Crippen molar-refractivity contribution in [2.75, 3.05) is 12.4 Å². The largest absolute Gasteiger partial charge is 0.481 e. The number of nitrogens with zero attached hydrogens (tertiary/aromatic N) is 1. The molecule has 5 unspecified atom stereocenters. The van der Waals surface area contributed by atoms with Crippen LogP contribution in [0.3, 0.4) is 0 Å². The average Bonchev–Trinajstić information content (AvgIpc) is 2.78. The first-order valence-corrected chi connectivity index (χ1v) is 11.7. The van der Waals surface area contributed by atoms with E-state index in [1.165, 1.54) is 18.7 Å². The summed E-state index contributed by atoms with van der Waals surface area (Å²) in [6.45, 7) is 2.17. The van der Waals surface area contributed by atoms with Crippen LogP contribution in [0.25, 0.3) is 0 Å². The second-order valence-electron chi connectivity index (χ2n) is 8.15. The van der Waals surface area contributed by atoms with E-state index in [9.17, 15) is 24.2 Å². The Balaban J connectivity index is 2.20. The first-order valence-electron chi connectivity index (χ1n) is 10.3. The number of aromatic nitrogens is 1. The highest BCUT2D eigenvalue weighted by atomic mass is 35.5. The zero-order valence-corrected chi connectivity index (χ0v) is 19.4. The fourth-order valence-electron chi connectivity index (χ4n) is 4.96. The third-order valence-electron chi connectivity index (χ3n) is 6.71. The summed E-state index contributed by atoms with van der Waals surface area (Å²) >= 11 is 7.82. The van der Waals surface area contributed by atoms with E-state index in [0.717, 1.165) is 0 Å². The standard InChI is InChI=1S/C23H26ClFN2O4S/c1-3-23(21(30)31)17(13-32-18-10-6-7-11-26-18)27-16(12-25)22(2,20(28)29)19(23)14-8-4-5-9-15(14)24/h4-11,16-17,19,27H,3,12-13H2,1-2H3,(H,28,29)(H,30,31). The first kappa shape index (κ1) is 24.5. The minimum Gasteiger partial charge on any atom is -0.481 e. The van der Waals surface area contributed by atoms with E-state index in [0.29, 0.717) is 10.6 Å². The highest BCUT2D eigenvalue weighted by Crippen LogP contribution is 2.58. The van der Waals surface area contributed by atoms with E-state index in [2.05, 4.69) is 10.3 Å². The highest BCUT2D eigenvalue weighted by molar-refractivity contribution is 7.99. The van der Waals surface area contributed by atoms with Crippen molar-refractivity contribution >= 4 is 35.3 Å². The van der Waals surface area contributed by atoms with Gasteiger partial charge in [0, 0.05) is 28.9 Å². The number of thioether (sulfide) groups is 1. The number of aliphatic carboxylic acids is 2. The summed E-state index contributed by atoms with van der Waals surface area (Å²) in [6.07, 6.45) is 1.76. The Labute approximate surface area is 195 Å². The van der Waals surface area contributed by atoms with Gasteiger partial charge in [-0.15, -0.1) is 11.8 Å². The quantitative estimate of drug-likeness (QED) is 0.478. The Bertz CT molecular complexity index is 981. The number of carboxylic acid groups (broad SMARTS) is 2. The smallest absolute Gasteiger partial charge is 0.311 e. The lowest BCUT2D eigenvalue weighted by molar-refractivity contribution is -0.172. The maximum Gasteiger partial charge on any atom is 0.311 e. The second kappa shape index (κ2) is 9.77.